The summed E-state index contributed by atoms with van der Waals surface area (Å²) in [5, 5.41) is 12.6. The summed E-state index contributed by atoms with van der Waals surface area (Å²) in [5.41, 5.74) is 0.249. The standard InChI is InChI=1S/C8H17NO.ClH/c1-3-8(4-2)5-7(10)6-9-8;/h7,9-10H,3-6H2,1-2H3;1H. The van der Waals surface area contributed by atoms with Crippen LogP contribution in [0.3, 0.4) is 0 Å². The van der Waals surface area contributed by atoms with Gasteiger partial charge < -0.3 is 10.4 Å². The predicted molar refractivity (Wildman–Crippen MR) is 49.2 cm³/mol. The van der Waals surface area contributed by atoms with E-state index < -0.39 is 0 Å². The Bertz CT molecular complexity index is 115. The quantitative estimate of drug-likeness (QED) is 0.671. The minimum atomic E-state index is -0.111. The molecule has 11 heavy (non-hydrogen) atoms. The third kappa shape index (κ3) is 2.32. The van der Waals surface area contributed by atoms with Crippen molar-refractivity contribution in [3.63, 3.8) is 0 Å². The topological polar surface area (TPSA) is 32.3 Å². The van der Waals surface area contributed by atoms with Crippen LogP contribution < -0.4 is 5.32 Å². The molecule has 1 heterocycles. The molecule has 1 unspecified atom stereocenters. The molecule has 0 aromatic heterocycles. The first-order valence-electron chi connectivity index (χ1n) is 4.15. The van der Waals surface area contributed by atoms with E-state index in [4.69, 9.17) is 0 Å². The van der Waals surface area contributed by atoms with E-state index in [-0.39, 0.29) is 24.0 Å². The number of hydrogen-bond acceptors (Lipinski definition) is 2. The fourth-order valence-electron chi connectivity index (χ4n) is 1.72. The Morgan fingerprint density at radius 2 is 2.00 bits per heavy atom. The summed E-state index contributed by atoms with van der Waals surface area (Å²) < 4.78 is 0. The number of aliphatic hydroxyl groups is 1. The van der Waals surface area contributed by atoms with Gasteiger partial charge in [-0.15, -0.1) is 12.4 Å². The van der Waals surface area contributed by atoms with E-state index in [1.807, 2.05) is 0 Å². The Labute approximate surface area is 74.8 Å². The largest absolute Gasteiger partial charge is 0.392 e. The monoisotopic (exact) mass is 179 g/mol. The van der Waals surface area contributed by atoms with E-state index >= 15 is 0 Å². The van der Waals surface area contributed by atoms with Crippen LogP contribution in [-0.4, -0.2) is 23.3 Å². The molecule has 0 amide bonds. The van der Waals surface area contributed by atoms with Crippen LogP contribution in [0.15, 0.2) is 0 Å². The van der Waals surface area contributed by atoms with E-state index in [0.29, 0.717) is 0 Å². The molecule has 0 saturated carbocycles. The van der Waals surface area contributed by atoms with Crippen molar-refractivity contribution in [1.29, 1.82) is 0 Å². The fraction of sp³-hybridized carbons (Fsp3) is 1.00. The molecule has 3 heteroatoms. The Balaban J connectivity index is 0.000001000. The molecule has 2 nitrogen and oxygen atoms in total. The van der Waals surface area contributed by atoms with Gasteiger partial charge in [0.25, 0.3) is 0 Å². The average molecular weight is 180 g/mol. The van der Waals surface area contributed by atoms with Crippen molar-refractivity contribution in [3.8, 4) is 0 Å². The lowest BCUT2D eigenvalue weighted by Gasteiger charge is -2.25. The Morgan fingerprint density at radius 3 is 2.18 bits per heavy atom. The molecule has 0 aromatic carbocycles. The van der Waals surface area contributed by atoms with Crippen LogP contribution in [0.1, 0.15) is 33.1 Å². The summed E-state index contributed by atoms with van der Waals surface area (Å²) in [6.07, 6.45) is 3.07. The molecule has 1 fully saturated rings. The van der Waals surface area contributed by atoms with E-state index in [9.17, 15) is 5.11 Å². The molecule has 1 saturated heterocycles. The van der Waals surface area contributed by atoms with Crippen LogP contribution in [0.2, 0.25) is 0 Å². The first-order valence-corrected chi connectivity index (χ1v) is 4.15. The zero-order valence-corrected chi connectivity index (χ0v) is 8.08. The lowest BCUT2D eigenvalue weighted by atomic mass is 9.91. The highest BCUT2D eigenvalue weighted by Gasteiger charge is 2.34. The maximum atomic E-state index is 9.26. The van der Waals surface area contributed by atoms with Crippen molar-refractivity contribution in [2.24, 2.45) is 0 Å². The molecule has 1 rings (SSSR count). The van der Waals surface area contributed by atoms with E-state index in [1.54, 1.807) is 0 Å². The average Bonchev–Trinajstić information content (AvgIpc) is 2.33. The van der Waals surface area contributed by atoms with Gasteiger partial charge in [-0.25, -0.2) is 0 Å². The molecule has 0 spiro atoms. The number of halogens is 1. The molecule has 1 aliphatic heterocycles. The van der Waals surface area contributed by atoms with Gasteiger partial charge in [0.1, 0.15) is 0 Å². The maximum absolute atomic E-state index is 9.26. The summed E-state index contributed by atoms with van der Waals surface area (Å²) in [5.74, 6) is 0. The second-order valence-electron chi connectivity index (χ2n) is 3.23. The summed E-state index contributed by atoms with van der Waals surface area (Å²) in [6.45, 7) is 5.13. The molecule has 0 bridgehead atoms. The van der Waals surface area contributed by atoms with Crippen LogP contribution in [0.4, 0.5) is 0 Å². The number of β-amino-alcohol motifs (C(OH)–C–C–N with tert-alkyl or cyclic N) is 1. The minimum absolute atomic E-state index is 0. The first-order chi connectivity index (χ1) is 4.72. The number of hydrogen-bond donors (Lipinski definition) is 2. The highest BCUT2D eigenvalue weighted by Crippen LogP contribution is 2.25. The summed E-state index contributed by atoms with van der Waals surface area (Å²) in [7, 11) is 0. The van der Waals surface area contributed by atoms with E-state index in [0.717, 1.165) is 25.8 Å². The second-order valence-corrected chi connectivity index (χ2v) is 3.23. The van der Waals surface area contributed by atoms with Gasteiger partial charge in [0.2, 0.25) is 0 Å². The van der Waals surface area contributed by atoms with Crippen molar-refractivity contribution in [2.45, 2.75) is 44.8 Å². The molecule has 0 aromatic rings. The van der Waals surface area contributed by atoms with Crippen LogP contribution in [0.25, 0.3) is 0 Å². The summed E-state index contributed by atoms with van der Waals surface area (Å²) >= 11 is 0. The highest BCUT2D eigenvalue weighted by molar-refractivity contribution is 5.85. The van der Waals surface area contributed by atoms with Gasteiger partial charge in [-0.1, -0.05) is 13.8 Å². The Kier molecular flexibility index (Phi) is 4.37. The molecule has 2 N–H and O–H groups in total. The number of aliphatic hydroxyl groups excluding tert-OH is 1. The first kappa shape index (κ1) is 11.2. The molecule has 1 atom stereocenters. The predicted octanol–water partition coefficient (Wildman–Crippen LogP) is 1.32. The lowest BCUT2D eigenvalue weighted by molar-refractivity contribution is 0.182. The number of rotatable bonds is 2. The van der Waals surface area contributed by atoms with Crippen molar-refractivity contribution < 1.29 is 5.11 Å². The van der Waals surface area contributed by atoms with Crippen LogP contribution in [-0.2, 0) is 0 Å². The van der Waals surface area contributed by atoms with Crippen molar-refractivity contribution >= 4 is 12.4 Å². The Morgan fingerprint density at radius 1 is 1.45 bits per heavy atom. The molecule has 68 valence electrons. The molecule has 0 aliphatic carbocycles. The van der Waals surface area contributed by atoms with E-state index in [1.165, 1.54) is 0 Å². The zero-order chi connectivity index (χ0) is 7.61. The maximum Gasteiger partial charge on any atom is 0.0682 e. The highest BCUT2D eigenvalue weighted by atomic mass is 35.5. The summed E-state index contributed by atoms with van der Waals surface area (Å²) in [6, 6.07) is 0. The molecular weight excluding hydrogens is 162 g/mol. The lowest BCUT2D eigenvalue weighted by Crippen LogP contribution is -2.37. The van der Waals surface area contributed by atoms with Gasteiger partial charge in [-0.2, -0.15) is 0 Å². The van der Waals surface area contributed by atoms with Gasteiger partial charge in [-0.3, -0.25) is 0 Å². The third-order valence-corrected chi connectivity index (χ3v) is 2.69. The van der Waals surface area contributed by atoms with Gasteiger partial charge >= 0.3 is 0 Å². The fourth-order valence-corrected chi connectivity index (χ4v) is 1.72. The third-order valence-electron chi connectivity index (χ3n) is 2.69. The van der Waals surface area contributed by atoms with Crippen LogP contribution >= 0.6 is 12.4 Å². The molecule has 1 aliphatic rings. The van der Waals surface area contributed by atoms with Gasteiger partial charge in [-0.05, 0) is 19.3 Å². The van der Waals surface area contributed by atoms with Crippen molar-refractivity contribution in [3.05, 3.63) is 0 Å². The second kappa shape index (κ2) is 4.29. The van der Waals surface area contributed by atoms with Crippen LogP contribution in [0, 0.1) is 0 Å². The van der Waals surface area contributed by atoms with Gasteiger partial charge in [0, 0.05) is 12.1 Å². The van der Waals surface area contributed by atoms with Crippen molar-refractivity contribution in [2.75, 3.05) is 6.54 Å². The Hall–Kier alpha value is 0.210. The van der Waals surface area contributed by atoms with Crippen molar-refractivity contribution in [1.82, 2.24) is 5.32 Å². The van der Waals surface area contributed by atoms with Crippen LogP contribution in [0.5, 0.6) is 0 Å². The van der Waals surface area contributed by atoms with Gasteiger partial charge in [0.15, 0.2) is 0 Å². The SMILES string of the molecule is CCC1(CC)CC(O)CN1.Cl. The normalized spacial score (nSPS) is 28.1. The zero-order valence-electron chi connectivity index (χ0n) is 7.26. The minimum Gasteiger partial charge on any atom is -0.392 e. The van der Waals surface area contributed by atoms with Gasteiger partial charge in [0.05, 0.1) is 6.10 Å². The summed E-state index contributed by atoms with van der Waals surface area (Å²) in [4.78, 5) is 0. The number of nitrogens with one attached hydrogen (secondary N) is 1. The molecule has 0 radical (unpaired) electrons. The smallest absolute Gasteiger partial charge is 0.0682 e. The molecular formula is C8H18ClNO. The van der Waals surface area contributed by atoms with E-state index in [2.05, 4.69) is 19.2 Å².